The molecule has 0 unspecified atom stereocenters. The summed E-state index contributed by atoms with van der Waals surface area (Å²) in [5.74, 6) is 1.31. The van der Waals surface area contributed by atoms with Crippen LogP contribution in [0.5, 0.6) is 5.75 Å². The van der Waals surface area contributed by atoms with E-state index in [9.17, 15) is 5.11 Å². The topological polar surface area (TPSA) is 38.0 Å². The number of aromatic hydroxyl groups is 1. The summed E-state index contributed by atoms with van der Waals surface area (Å²) < 4.78 is 2.19. The second kappa shape index (κ2) is 4.77. The van der Waals surface area contributed by atoms with E-state index in [0.717, 1.165) is 35.4 Å². The van der Waals surface area contributed by atoms with Crippen LogP contribution in [0.3, 0.4) is 0 Å². The lowest BCUT2D eigenvalue weighted by molar-refractivity contribution is 0.475. The fourth-order valence-corrected chi connectivity index (χ4v) is 2.98. The predicted molar refractivity (Wildman–Crippen MR) is 84.6 cm³/mol. The van der Waals surface area contributed by atoms with E-state index in [1.807, 2.05) is 30.3 Å². The third-order valence-electron chi connectivity index (χ3n) is 4.00. The van der Waals surface area contributed by atoms with Crippen molar-refractivity contribution in [3.05, 3.63) is 60.4 Å². The number of hydrogen-bond acceptors (Lipinski definition) is 2. The number of imidazole rings is 1. The summed E-state index contributed by atoms with van der Waals surface area (Å²) in [5, 5.41) is 9.51. The highest BCUT2D eigenvalue weighted by Crippen LogP contribution is 2.32. The molecule has 21 heavy (non-hydrogen) atoms. The molecule has 0 saturated heterocycles. The van der Waals surface area contributed by atoms with Crippen molar-refractivity contribution < 1.29 is 5.11 Å². The summed E-state index contributed by atoms with van der Waals surface area (Å²) in [7, 11) is 0. The molecule has 0 radical (unpaired) electrons. The molecule has 1 heterocycles. The lowest BCUT2D eigenvalue weighted by Crippen LogP contribution is -1.99. The van der Waals surface area contributed by atoms with Gasteiger partial charge in [0.25, 0.3) is 0 Å². The maximum absolute atomic E-state index is 9.51. The molecular formula is C18H16N2O. The minimum absolute atomic E-state index is 0.282. The number of aromatic nitrogens is 2. The van der Waals surface area contributed by atoms with E-state index in [1.54, 1.807) is 12.1 Å². The number of rotatable bonds is 2. The fraction of sp³-hybridized carbons (Fsp3) is 0.167. The number of phenolic OH excluding ortho intramolecular Hbond substituents is 1. The first-order chi connectivity index (χ1) is 10.3. The third kappa shape index (κ3) is 2.02. The smallest absolute Gasteiger partial charge is 0.141 e. The van der Waals surface area contributed by atoms with Gasteiger partial charge in [-0.3, -0.25) is 4.57 Å². The highest BCUT2D eigenvalue weighted by Gasteiger charge is 2.17. The molecule has 1 aliphatic carbocycles. The lowest BCUT2D eigenvalue weighted by atomic mass is 10.2. The molecule has 0 aliphatic heterocycles. The maximum atomic E-state index is 9.51. The van der Waals surface area contributed by atoms with Gasteiger partial charge in [-0.25, -0.2) is 4.98 Å². The van der Waals surface area contributed by atoms with Crippen LogP contribution >= 0.6 is 0 Å². The molecule has 1 N–H and O–H groups in total. The van der Waals surface area contributed by atoms with Crippen molar-refractivity contribution in [1.82, 2.24) is 9.55 Å². The van der Waals surface area contributed by atoms with Gasteiger partial charge in [0.2, 0.25) is 0 Å². The number of hydrogen-bond donors (Lipinski definition) is 1. The molecule has 3 aromatic rings. The zero-order chi connectivity index (χ0) is 14.2. The summed E-state index contributed by atoms with van der Waals surface area (Å²) in [6.07, 6.45) is 5.71. The lowest BCUT2D eigenvalue weighted by Gasteiger charge is -2.10. The molecule has 0 amide bonds. The van der Waals surface area contributed by atoms with Gasteiger partial charge in [-0.15, -0.1) is 0 Å². The van der Waals surface area contributed by atoms with E-state index >= 15 is 0 Å². The van der Waals surface area contributed by atoms with Crippen molar-refractivity contribution >= 4 is 16.6 Å². The van der Waals surface area contributed by atoms with E-state index in [-0.39, 0.29) is 5.75 Å². The molecule has 104 valence electrons. The Bertz CT molecular complexity index is 828. The number of nitrogens with zero attached hydrogens (tertiary/aromatic N) is 2. The van der Waals surface area contributed by atoms with Gasteiger partial charge in [-0.2, -0.15) is 0 Å². The molecule has 1 aromatic heterocycles. The van der Waals surface area contributed by atoms with Crippen molar-refractivity contribution in [1.29, 1.82) is 0 Å². The Balaban J connectivity index is 2.00. The second-order valence-corrected chi connectivity index (χ2v) is 5.40. The van der Waals surface area contributed by atoms with Crippen LogP contribution in [0.15, 0.2) is 54.6 Å². The molecule has 2 aromatic carbocycles. The summed E-state index contributed by atoms with van der Waals surface area (Å²) >= 11 is 0. The standard InChI is InChI=1S/C18H16N2O/c21-15-11-9-14(10-12-15)20-17-8-4-3-7-16(17)19-18(20)13-5-1-2-6-13/h3-5,7-12,21H,1-2,6H2. The molecule has 0 saturated carbocycles. The maximum Gasteiger partial charge on any atom is 0.141 e. The van der Waals surface area contributed by atoms with Crippen molar-refractivity contribution in [3.63, 3.8) is 0 Å². The van der Waals surface area contributed by atoms with Gasteiger partial charge in [0, 0.05) is 5.69 Å². The van der Waals surface area contributed by atoms with Gasteiger partial charge in [-0.1, -0.05) is 18.2 Å². The van der Waals surface area contributed by atoms with E-state index < -0.39 is 0 Å². The molecule has 3 heteroatoms. The summed E-state index contributed by atoms with van der Waals surface area (Å²) in [5.41, 5.74) is 4.46. The summed E-state index contributed by atoms with van der Waals surface area (Å²) in [6, 6.07) is 15.5. The summed E-state index contributed by atoms with van der Waals surface area (Å²) in [4.78, 5) is 4.83. The molecule has 0 spiro atoms. The van der Waals surface area contributed by atoms with E-state index in [1.165, 1.54) is 12.0 Å². The SMILES string of the molecule is Oc1ccc(-n2c(C3=CCCC3)nc3ccccc32)cc1. The van der Waals surface area contributed by atoms with Gasteiger partial charge in [0.15, 0.2) is 0 Å². The molecule has 0 fully saturated rings. The molecule has 3 nitrogen and oxygen atoms in total. The van der Waals surface area contributed by atoms with Gasteiger partial charge in [-0.05, 0) is 61.2 Å². The van der Waals surface area contributed by atoms with Crippen LogP contribution in [0.2, 0.25) is 0 Å². The van der Waals surface area contributed by atoms with Crippen LogP contribution in [0.1, 0.15) is 25.1 Å². The van der Waals surface area contributed by atoms with Gasteiger partial charge < -0.3 is 5.11 Å². The average molecular weight is 276 g/mol. The van der Waals surface area contributed by atoms with Crippen LogP contribution in [0.4, 0.5) is 0 Å². The Hall–Kier alpha value is -2.55. The van der Waals surface area contributed by atoms with Crippen LogP contribution in [0, 0.1) is 0 Å². The van der Waals surface area contributed by atoms with Crippen LogP contribution in [-0.2, 0) is 0 Å². The van der Waals surface area contributed by atoms with Crippen molar-refractivity contribution in [2.24, 2.45) is 0 Å². The van der Waals surface area contributed by atoms with Crippen LogP contribution in [0.25, 0.3) is 22.3 Å². The fourth-order valence-electron chi connectivity index (χ4n) is 2.98. The molecule has 0 bridgehead atoms. The Morgan fingerprint density at radius 3 is 2.57 bits per heavy atom. The number of para-hydroxylation sites is 2. The Morgan fingerprint density at radius 2 is 1.81 bits per heavy atom. The zero-order valence-electron chi connectivity index (χ0n) is 11.7. The normalized spacial score (nSPS) is 14.6. The molecule has 4 rings (SSSR count). The van der Waals surface area contributed by atoms with E-state index in [4.69, 9.17) is 4.98 Å². The number of fused-ring (bicyclic) bond motifs is 1. The van der Waals surface area contributed by atoms with E-state index in [0.29, 0.717) is 0 Å². The molecular weight excluding hydrogens is 260 g/mol. The number of benzene rings is 2. The largest absolute Gasteiger partial charge is 0.508 e. The minimum atomic E-state index is 0.282. The first kappa shape index (κ1) is 12.2. The molecule has 1 aliphatic rings. The van der Waals surface area contributed by atoms with Gasteiger partial charge in [0.05, 0.1) is 11.0 Å². The highest BCUT2D eigenvalue weighted by molar-refractivity contribution is 5.82. The van der Waals surface area contributed by atoms with Crippen LogP contribution < -0.4 is 0 Å². The predicted octanol–water partition coefficient (Wildman–Crippen LogP) is 4.30. The van der Waals surface area contributed by atoms with E-state index in [2.05, 4.69) is 16.7 Å². The highest BCUT2D eigenvalue weighted by atomic mass is 16.3. The number of allylic oxidation sites excluding steroid dienone is 2. The Labute approximate surface area is 123 Å². The average Bonchev–Trinajstić information content (AvgIpc) is 3.15. The Morgan fingerprint density at radius 1 is 1.00 bits per heavy atom. The van der Waals surface area contributed by atoms with Gasteiger partial charge in [0.1, 0.15) is 11.6 Å². The first-order valence-corrected chi connectivity index (χ1v) is 7.29. The number of phenols is 1. The van der Waals surface area contributed by atoms with Crippen molar-refractivity contribution in [2.75, 3.05) is 0 Å². The quantitative estimate of drug-likeness (QED) is 0.758. The monoisotopic (exact) mass is 276 g/mol. The summed E-state index contributed by atoms with van der Waals surface area (Å²) in [6.45, 7) is 0. The zero-order valence-corrected chi connectivity index (χ0v) is 11.7. The minimum Gasteiger partial charge on any atom is -0.508 e. The molecule has 0 atom stereocenters. The first-order valence-electron chi connectivity index (χ1n) is 7.29. The Kier molecular flexibility index (Phi) is 2.78. The second-order valence-electron chi connectivity index (χ2n) is 5.40. The van der Waals surface area contributed by atoms with Crippen molar-refractivity contribution in [2.45, 2.75) is 19.3 Å². The van der Waals surface area contributed by atoms with Crippen LogP contribution in [-0.4, -0.2) is 14.7 Å². The van der Waals surface area contributed by atoms with Crippen molar-refractivity contribution in [3.8, 4) is 11.4 Å². The third-order valence-corrected chi connectivity index (χ3v) is 4.00. The van der Waals surface area contributed by atoms with Gasteiger partial charge >= 0.3 is 0 Å².